The van der Waals surface area contributed by atoms with Crippen LogP contribution in [0.2, 0.25) is 0 Å². The van der Waals surface area contributed by atoms with Crippen LogP contribution in [0.25, 0.3) is 0 Å². The SMILES string of the molecule is CCC(C)N(C(=O)C(CCC(N)=O)NC(=O)OC(C)(C)C)C(C(=O)NC1CCCCC1)c1ccc(O)c(C)c1. The molecule has 4 amide bonds. The van der Waals surface area contributed by atoms with Crippen LogP contribution in [-0.2, 0) is 19.1 Å². The van der Waals surface area contributed by atoms with E-state index in [1.54, 1.807) is 39.8 Å². The number of nitrogens with one attached hydrogen (secondary N) is 2. The van der Waals surface area contributed by atoms with E-state index in [9.17, 15) is 24.3 Å². The Morgan fingerprint density at radius 1 is 1.15 bits per heavy atom. The highest BCUT2D eigenvalue weighted by molar-refractivity contribution is 5.93. The Balaban J connectivity index is 2.53. The van der Waals surface area contributed by atoms with Gasteiger partial charge in [0.2, 0.25) is 17.7 Å². The van der Waals surface area contributed by atoms with Gasteiger partial charge in [0.1, 0.15) is 23.4 Å². The predicted octanol–water partition coefficient (Wildman–Crippen LogP) is 3.98. The summed E-state index contributed by atoms with van der Waals surface area (Å²) in [5.74, 6) is -1.38. The first kappa shape index (κ1) is 31.9. The molecule has 0 radical (unpaired) electrons. The van der Waals surface area contributed by atoms with E-state index in [2.05, 4.69) is 10.6 Å². The van der Waals surface area contributed by atoms with Crippen molar-refractivity contribution in [3.05, 3.63) is 29.3 Å². The van der Waals surface area contributed by atoms with Crippen molar-refractivity contribution >= 4 is 23.8 Å². The van der Waals surface area contributed by atoms with Gasteiger partial charge in [-0.1, -0.05) is 32.3 Å². The smallest absolute Gasteiger partial charge is 0.408 e. The first-order chi connectivity index (χ1) is 18.2. The molecule has 1 aromatic carbocycles. The molecule has 0 heterocycles. The first-order valence-electron chi connectivity index (χ1n) is 13.9. The van der Waals surface area contributed by atoms with Crippen LogP contribution in [0.3, 0.4) is 0 Å². The first-order valence-corrected chi connectivity index (χ1v) is 13.9. The number of phenols is 1. The molecule has 10 nitrogen and oxygen atoms in total. The number of carbonyl (C=O) groups is 4. The molecule has 5 N–H and O–H groups in total. The molecular formula is C29H46N4O6. The monoisotopic (exact) mass is 546 g/mol. The fourth-order valence-electron chi connectivity index (χ4n) is 4.78. The second-order valence-corrected chi connectivity index (χ2v) is 11.5. The minimum Gasteiger partial charge on any atom is -0.508 e. The van der Waals surface area contributed by atoms with Crippen LogP contribution < -0.4 is 16.4 Å². The second-order valence-electron chi connectivity index (χ2n) is 11.5. The van der Waals surface area contributed by atoms with Gasteiger partial charge >= 0.3 is 6.09 Å². The summed E-state index contributed by atoms with van der Waals surface area (Å²) >= 11 is 0. The number of hydrogen-bond donors (Lipinski definition) is 4. The number of rotatable bonds is 11. The van der Waals surface area contributed by atoms with Gasteiger partial charge in [-0.2, -0.15) is 0 Å². The number of nitrogens with two attached hydrogens (primary N) is 1. The topological polar surface area (TPSA) is 151 Å². The largest absolute Gasteiger partial charge is 0.508 e. The predicted molar refractivity (Wildman–Crippen MR) is 149 cm³/mol. The summed E-state index contributed by atoms with van der Waals surface area (Å²) in [6.45, 7) is 10.6. The van der Waals surface area contributed by atoms with Gasteiger partial charge in [-0.05, 0) is 83.6 Å². The molecule has 0 aromatic heterocycles. The number of primary amides is 1. The number of aryl methyl sites for hydroxylation is 1. The highest BCUT2D eigenvalue weighted by Crippen LogP contribution is 2.30. The van der Waals surface area contributed by atoms with Gasteiger partial charge in [-0.15, -0.1) is 0 Å². The van der Waals surface area contributed by atoms with E-state index >= 15 is 0 Å². The number of hydrogen-bond acceptors (Lipinski definition) is 6. The van der Waals surface area contributed by atoms with Crippen molar-refractivity contribution in [2.45, 2.75) is 123 Å². The summed E-state index contributed by atoms with van der Waals surface area (Å²) in [7, 11) is 0. The molecule has 1 fully saturated rings. The Labute approximate surface area is 232 Å². The maximum atomic E-state index is 14.2. The Morgan fingerprint density at radius 2 is 1.79 bits per heavy atom. The molecule has 1 aliphatic rings. The van der Waals surface area contributed by atoms with Crippen molar-refractivity contribution in [1.82, 2.24) is 15.5 Å². The van der Waals surface area contributed by atoms with Gasteiger partial charge in [0.15, 0.2) is 0 Å². The summed E-state index contributed by atoms with van der Waals surface area (Å²) in [6.07, 6.45) is 4.45. The van der Waals surface area contributed by atoms with Crippen LogP contribution in [0.15, 0.2) is 18.2 Å². The molecular weight excluding hydrogens is 500 g/mol. The highest BCUT2D eigenvalue weighted by atomic mass is 16.6. The van der Waals surface area contributed by atoms with E-state index in [1.807, 2.05) is 13.8 Å². The zero-order valence-electron chi connectivity index (χ0n) is 24.2. The molecule has 0 aliphatic heterocycles. The third kappa shape index (κ3) is 9.75. The number of ether oxygens (including phenoxy) is 1. The van der Waals surface area contributed by atoms with Crippen LogP contribution >= 0.6 is 0 Å². The van der Waals surface area contributed by atoms with E-state index in [-0.39, 0.29) is 30.5 Å². The fraction of sp³-hybridized carbons (Fsp3) is 0.655. The van der Waals surface area contributed by atoms with Gasteiger partial charge < -0.3 is 31.1 Å². The maximum absolute atomic E-state index is 14.2. The lowest BCUT2D eigenvalue weighted by molar-refractivity contribution is -0.145. The molecule has 3 atom stereocenters. The van der Waals surface area contributed by atoms with E-state index in [1.165, 1.54) is 11.0 Å². The van der Waals surface area contributed by atoms with E-state index in [0.29, 0.717) is 17.5 Å². The lowest BCUT2D eigenvalue weighted by Crippen LogP contribution is -2.56. The summed E-state index contributed by atoms with van der Waals surface area (Å²) < 4.78 is 5.37. The fourth-order valence-corrected chi connectivity index (χ4v) is 4.78. The third-order valence-corrected chi connectivity index (χ3v) is 7.00. The van der Waals surface area contributed by atoms with Crippen LogP contribution in [-0.4, -0.2) is 57.5 Å². The Morgan fingerprint density at radius 3 is 2.33 bits per heavy atom. The number of nitrogens with zero attached hydrogens (tertiary/aromatic N) is 1. The number of aromatic hydroxyl groups is 1. The van der Waals surface area contributed by atoms with Crippen LogP contribution in [0.4, 0.5) is 4.79 Å². The van der Waals surface area contributed by atoms with E-state index in [4.69, 9.17) is 10.5 Å². The zero-order chi connectivity index (χ0) is 29.3. The quantitative estimate of drug-likeness (QED) is 0.330. The molecule has 1 aliphatic carbocycles. The van der Waals surface area contributed by atoms with E-state index < -0.39 is 41.6 Å². The number of carbonyl (C=O) groups excluding carboxylic acids is 4. The molecule has 1 saturated carbocycles. The van der Waals surface area contributed by atoms with Gasteiger partial charge in [0, 0.05) is 18.5 Å². The maximum Gasteiger partial charge on any atom is 0.408 e. The minimum atomic E-state index is -1.15. The number of benzene rings is 1. The third-order valence-electron chi connectivity index (χ3n) is 7.00. The summed E-state index contributed by atoms with van der Waals surface area (Å²) in [4.78, 5) is 53.9. The standard InChI is InChI=1S/C29H46N4O6/c1-7-19(3)33(27(37)22(14-16-24(30)35)32-28(38)39-29(4,5)6)25(20-13-15-23(34)18(2)17-20)26(36)31-21-11-9-8-10-12-21/h13,15,17,19,21-22,25,34H,7-12,14,16H2,1-6H3,(H2,30,35)(H,31,36)(H,32,38). The van der Waals surface area contributed by atoms with Crippen molar-refractivity contribution in [2.24, 2.45) is 5.73 Å². The van der Waals surface area contributed by atoms with Crippen molar-refractivity contribution in [3.63, 3.8) is 0 Å². The van der Waals surface area contributed by atoms with Gasteiger partial charge in [-0.3, -0.25) is 14.4 Å². The number of phenolic OH excluding ortho intramolecular Hbond substituents is 1. The van der Waals surface area contributed by atoms with Gasteiger partial charge in [0.25, 0.3) is 0 Å². The average Bonchev–Trinajstić information content (AvgIpc) is 2.85. The molecule has 39 heavy (non-hydrogen) atoms. The van der Waals surface area contributed by atoms with Crippen molar-refractivity contribution in [1.29, 1.82) is 0 Å². The van der Waals surface area contributed by atoms with Crippen molar-refractivity contribution in [3.8, 4) is 5.75 Å². The molecule has 0 spiro atoms. The molecule has 3 unspecified atom stereocenters. The average molecular weight is 547 g/mol. The highest BCUT2D eigenvalue weighted by Gasteiger charge is 2.39. The normalized spacial score (nSPS) is 16.5. The molecule has 218 valence electrons. The summed E-state index contributed by atoms with van der Waals surface area (Å²) in [5, 5.41) is 15.9. The lowest BCUT2D eigenvalue weighted by Gasteiger charge is -2.39. The molecule has 2 rings (SSSR count). The summed E-state index contributed by atoms with van der Waals surface area (Å²) in [6, 6.07) is 2.28. The minimum absolute atomic E-state index is 0.00592. The van der Waals surface area contributed by atoms with Crippen LogP contribution in [0.5, 0.6) is 5.75 Å². The van der Waals surface area contributed by atoms with Gasteiger partial charge in [0.05, 0.1) is 0 Å². The Hall–Kier alpha value is -3.30. The Kier molecular flexibility index (Phi) is 11.6. The molecule has 0 bridgehead atoms. The number of alkyl carbamates (subject to hydrolysis) is 1. The molecule has 10 heteroatoms. The van der Waals surface area contributed by atoms with Crippen molar-refractivity contribution < 1.29 is 29.0 Å². The Bertz CT molecular complexity index is 1020. The number of amides is 4. The van der Waals surface area contributed by atoms with Crippen LogP contribution in [0.1, 0.15) is 103 Å². The van der Waals surface area contributed by atoms with Gasteiger partial charge in [-0.25, -0.2) is 4.79 Å². The second kappa shape index (κ2) is 14.2. The zero-order valence-corrected chi connectivity index (χ0v) is 24.2. The lowest BCUT2D eigenvalue weighted by atomic mass is 9.93. The van der Waals surface area contributed by atoms with E-state index in [0.717, 1.165) is 32.1 Å². The van der Waals surface area contributed by atoms with Crippen molar-refractivity contribution in [2.75, 3.05) is 0 Å². The molecule has 1 aromatic rings. The summed E-state index contributed by atoms with van der Waals surface area (Å²) in [5.41, 5.74) is 5.68. The van der Waals surface area contributed by atoms with Crippen LogP contribution in [0, 0.1) is 6.92 Å². The molecule has 0 saturated heterocycles.